The van der Waals surface area contributed by atoms with Gasteiger partial charge in [0.1, 0.15) is 5.82 Å². The topological polar surface area (TPSA) is 40.5 Å². The summed E-state index contributed by atoms with van der Waals surface area (Å²) in [4.78, 5) is 13.9. The molecule has 1 aromatic rings. The van der Waals surface area contributed by atoms with Crippen molar-refractivity contribution >= 4 is 5.97 Å². The van der Waals surface area contributed by atoms with Gasteiger partial charge in [-0.25, -0.2) is 4.39 Å². The molecule has 19 heavy (non-hydrogen) atoms. The third-order valence-corrected chi connectivity index (χ3v) is 4.85. The second kappa shape index (κ2) is 4.60. The van der Waals surface area contributed by atoms with Gasteiger partial charge in [0, 0.05) is 18.0 Å². The van der Waals surface area contributed by atoms with E-state index in [1.807, 2.05) is 7.05 Å². The minimum Gasteiger partial charge on any atom is -0.481 e. The lowest BCUT2D eigenvalue weighted by molar-refractivity contribution is -0.146. The number of benzene rings is 1. The summed E-state index contributed by atoms with van der Waals surface area (Å²) in [5.41, 5.74) is 0.957. The number of piperidine rings is 1. The van der Waals surface area contributed by atoms with E-state index >= 15 is 0 Å². The molecule has 4 atom stereocenters. The van der Waals surface area contributed by atoms with Crippen LogP contribution >= 0.6 is 0 Å². The molecule has 0 aliphatic carbocycles. The van der Waals surface area contributed by atoms with Gasteiger partial charge in [-0.15, -0.1) is 0 Å². The predicted octanol–water partition coefficient (Wildman–Crippen LogP) is 2.48. The van der Waals surface area contributed by atoms with Crippen molar-refractivity contribution in [1.29, 1.82) is 0 Å². The van der Waals surface area contributed by atoms with Gasteiger partial charge >= 0.3 is 5.97 Å². The second-order valence-electron chi connectivity index (χ2n) is 5.72. The van der Waals surface area contributed by atoms with E-state index in [0.717, 1.165) is 24.8 Å². The van der Waals surface area contributed by atoms with Crippen molar-refractivity contribution in [2.24, 2.45) is 5.92 Å². The predicted molar refractivity (Wildman–Crippen MR) is 69.5 cm³/mol. The highest BCUT2D eigenvalue weighted by atomic mass is 19.1. The normalized spacial score (nSPS) is 34.4. The summed E-state index contributed by atoms with van der Waals surface area (Å²) in [6, 6.07) is 6.91. The van der Waals surface area contributed by atoms with Crippen molar-refractivity contribution in [3.63, 3.8) is 0 Å². The summed E-state index contributed by atoms with van der Waals surface area (Å²) in [5.74, 6) is -1.38. The van der Waals surface area contributed by atoms with Crippen LogP contribution in [0.4, 0.5) is 4.39 Å². The molecule has 0 spiro atoms. The summed E-state index contributed by atoms with van der Waals surface area (Å²) >= 11 is 0. The van der Waals surface area contributed by atoms with Gasteiger partial charge in [0.25, 0.3) is 0 Å². The molecule has 0 radical (unpaired) electrons. The molecule has 2 fully saturated rings. The van der Waals surface area contributed by atoms with Crippen LogP contribution in [0, 0.1) is 11.7 Å². The summed E-state index contributed by atoms with van der Waals surface area (Å²) in [6.45, 7) is 0. The van der Waals surface area contributed by atoms with E-state index in [-0.39, 0.29) is 23.7 Å². The number of carboxylic acids is 1. The molecule has 3 nitrogen and oxygen atoms in total. The average Bonchev–Trinajstić information content (AvgIpc) is 2.63. The Morgan fingerprint density at radius 2 is 2.00 bits per heavy atom. The van der Waals surface area contributed by atoms with Gasteiger partial charge in [-0.05, 0) is 44.0 Å². The number of hydrogen-bond acceptors (Lipinski definition) is 2. The van der Waals surface area contributed by atoms with Crippen molar-refractivity contribution in [3.8, 4) is 0 Å². The Balaban J connectivity index is 1.95. The lowest BCUT2D eigenvalue weighted by Gasteiger charge is -2.41. The molecule has 4 heteroatoms. The van der Waals surface area contributed by atoms with Gasteiger partial charge in [-0.2, -0.15) is 0 Å². The highest BCUT2D eigenvalue weighted by Crippen LogP contribution is 2.46. The fraction of sp³-hybridized carbons (Fsp3) is 0.533. The number of carbonyl (C=O) groups is 1. The Kier molecular flexibility index (Phi) is 3.05. The smallest absolute Gasteiger partial charge is 0.308 e. The van der Waals surface area contributed by atoms with Crippen LogP contribution < -0.4 is 0 Å². The monoisotopic (exact) mass is 263 g/mol. The molecule has 1 N–H and O–H groups in total. The van der Waals surface area contributed by atoms with E-state index < -0.39 is 5.97 Å². The molecule has 1 aromatic carbocycles. The van der Waals surface area contributed by atoms with Crippen LogP contribution in [0.25, 0.3) is 0 Å². The lowest BCUT2D eigenvalue weighted by atomic mass is 9.76. The third-order valence-electron chi connectivity index (χ3n) is 4.85. The summed E-state index contributed by atoms with van der Waals surface area (Å²) in [7, 11) is 2.03. The van der Waals surface area contributed by atoms with Gasteiger partial charge in [0.2, 0.25) is 0 Å². The molecule has 2 bridgehead atoms. The first-order chi connectivity index (χ1) is 9.08. The van der Waals surface area contributed by atoms with Gasteiger partial charge in [-0.3, -0.25) is 9.69 Å². The minimum atomic E-state index is -0.730. The quantitative estimate of drug-likeness (QED) is 0.891. The number of halogens is 1. The van der Waals surface area contributed by atoms with Crippen LogP contribution in [-0.2, 0) is 4.79 Å². The van der Waals surface area contributed by atoms with E-state index in [9.17, 15) is 14.3 Å². The fourth-order valence-electron chi connectivity index (χ4n) is 3.86. The highest BCUT2D eigenvalue weighted by molar-refractivity contribution is 5.73. The Labute approximate surface area is 112 Å². The van der Waals surface area contributed by atoms with Gasteiger partial charge < -0.3 is 5.11 Å². The highest BCUT2D eigenvalue weighted by Gasteiger charge is 2.49. The minimum absolute atomic E-state index is 0.00630. The van der Waals surface area contributed by atoms with Crippen LogP contribution in [0.1, 0.15) is 30.7 Å². The Bertz CT molecular complexity index is 487. The number of aliphatic carboxylic acids is 1. The Morgan fingerprint density at radius 1 is 1.32 bits per heavy atom. The van der Waals surface area contributed by atoms with Crippen molar-refractivity contribution in [2.75, 3.05) is 7.05 Å². The average molecular weight is 263 g/mol. The zero-order chi connectivity index (χ0) is 13.6. The van der Waals surface area contributed by atoms with Crippen LogP contribution in [0.2, 0.25) is 0 Å². The number of rotatable bonds is 2. The Hall–Kier alpha value is -1.42. The number of fused-ring (bicyclic) bond motifs is 2. The fourth-order valence-corrected chi connectivity index (χ4v) is 3.86. The van der Waals surface area contributed by atoms with E-state index in [4.69, 9.17) is 0 Å². The molecule has 2 aliphatic heterocycles. The van der Waals surface area contributed by atoms with E-state index in [1.54, 1.807) is 12.1 Å². The molecule has 0 aromatic heterocycles. The first-order valence-corrected chi connectivity index (χ1v) is 6.78. The second-order valence-corrected chi connectivity index (χ2v) is 5.72. The SMILES string of the molecule is CN1C2CCC1C(C(=O)O)C(c1ccc(F)cc1)C2. The maximum absolute atomic E-state index is 13.0. The molecule has 102 valence electrons. The number of nitrogens with zero attached hydrogens (tertiary/aromatic N) is 1. The number of hydrogen-bond donors (Lipinski definition) is 1. The summed E-state index contributed by atoms with van der Waals surface area (Å²) in [6.07, 6.45) is 2.88. The molecule has 3 rings (SSSR count). The molecule has 0 amide bonds. The molecular formula is C15H18FNO2. The van der Waals surface area contributed by atoms with Crippen LogP contribution in [0.5, 0.6) is 0 Å². The maximum Gasteiger partial charge on any atom is 0.308 e. The van der Waals surface area contributed by atoms with Crippen LogP contribution in [-0.4, -0.2) is 35.1 Å². The maximum atomic E-state index is 13.0. The van der Waals surface area contributed by atoms with Gasteiger partial charge in [0.15, 0.2) is 0 Å². The molecule has 2 saturated heterocycles. The van der Waals surface area contributed by atoms with Crippen LogP contribution in [0.15, 0.2) is 24.3 Å². The molecule has 2 heterocycles. The largest absolute Gasteiger partial charge is 0.481 e. The zero-order valence-corrected chi connectivity index (χ0v) is 10.9. The molecule has 2 aliphatic rings. The first-order valence-electron chi connectivity index (χ1n) is 6.78. The standard InChI is InChI=1S/C15H18FNO2/c1-17-11-6-7-13(17)14(15(18)19)12(8-11)9-2-4-10(16)5-3-9/h2-5,11-14H,6-8H2,1H3,(H,18,19). The van der Waals surface area contributed by atoms with Crippen LogP contribution in [0.3, 0.4) is 0 Å². The number of carboxylic acid groups (broad SMARTS) is 1. The van der Waals surface area contributed by atoms with E-state index in [1.165, 1.54) is 12.1 Å². The van der Waals surface area contributed by atoms with Gasteiger partial charge in [0.05, 0.1) is 5.92 Å². The molecular weight excluding hydrogens is 245 g/mol. The summed E-state index contributed by atoms with van der Waals surface area (Å²) in [5, 5.41) is 9.56. The van der Waals surface area contributed by atoms with E-state index in [0.29, 0.717) is 6.04 Å². The van der Waals surface area contributed by atoms with Crippen molar-refractivity contribution in [1.82, 2.24) is 4.90 Å². The van der Waals surface area contributed by atoms with Gasteiger partial charge in [-0.1, -0.05) is 12.1 Å². The Morgan fingerprint density at radius 3 is 2.63 bits per heavy atom. The first kappa shape index (κ1) is 12.6. The van der Waals surface area contributed by atoms with Crippen molar-refractivity contribution < 1.29 is 14.3 Å². The third kappa shape index (κ3) is 2.04. The lowest BCUT2D eigenvalue weighted by Crippen LogP contribution is -2.48. The van der Waals surface area contributed by atoms with Crippen molar-refractivity contribution in [3.05, 3.63) is 35.6 Å². The van der Waals surface area contributed by atoms with E-state index in [2.05, 4.69) is 4.90 Å². The zero-order valence-electron chi connectivity index (χ0n) is 10.9. The van der Waals surface area contributed by atoms with Crippen molar-refractivity contribution in [2.45, 2.75) is 37.3 Å². The molecule has 4 unspecified atom stereocenters. The molecule has 0 saturated carbocycles. The summed E-state index contributed by atoms with van der Waals surface area (Å²) < 4.78 is 13.0.